The van der Waals surface area contributed by atoms with Gasteiger partial charge in [-0.1, -0.05) is 68.4 Å². The van der Waals surface area contributed by atoms with Crippen LogP contribution in [-0.2, 0) is 4.79 Å². The minimum absolute atomic E-state index is 0.221. The highest BCUT2D eigenvalue weighted by Crippen LogP contribution is 2.18. The molecule has 0 aromatic heterocycles. The maximum absolute atomic E-state index is 11.5. The van der Waals surface area contributed by atoms with Gasteiger partial charge < -0.3 is 5.32 Å². The van der Waals surface area contributed by atoms with Gasteiger partial charge in [-0.3, -0.25) is 4.79 Å². The Morgan fingerprint density at radius 3 is 1.84 bits per heavy atom. The van der Waals surface area contributed by atoms with E-state index in [9.17, 15) is 4.79 Å². The van der Waals surface area contributed by atoms with Crippen LogP contribution in [0.5, 0.6) is 0 Å². The van der Waals surface area contributed by atoms with Crippen LogP contribution in [0, 0.1) is 0 Å². The Morgan fingerprint density at radius 2 is 1.32 bits per heavy atom. The van der Waals surface area contributed by atoms with E-state index in [1.807, 2.05) is 0 Å². The van der Waals surface area contributed by atoms with Gasteiger partial charge in [-0.05, 0) is 57.8 Å². The van der Waals surface area contributed by atoms with Crippen molar-refractivity contribution in [2.24, 2.45) is 0 Å². The molecule has 0 unspecified atom stereocenters. The molecule has 0 heterocycles. The summed E-state index contributed by atoms with van der Waals surface area (Å²) in [7, 11) is 0. The molecule has 0 bridgehead atoms. The molecule has 0 aliphatic heterocycles. The SMILES string of the molecule is CCCCC/C=C/C/C=C/C/C=C\C/C=C\CCCC(=O)NC1CC1. The molecule has 2 nitrogen and oxygen atoms in total. The van der Waals surface area contributed by atoms with E-state index in [1.165, 1.54) is 38.5 Å². The van der Waals surface area contributed by atoms with E-state index >= 15 is 0 Å². The Morgan fingerprint density at radius 1 is 0.800 bits per heavy atom. The van der Waals surface area contributed by atoms with Crippen LogP contribution in [0.3, 0.4) is 0 Å². The molecule has 0 aromatic rings. The van der Waals surface area contributed by atoms with Crippen LogP contribution >= 0.6 is 0 Å². The maximum atomic E-state index is 11.5. The molecule has 1 fully saturated rings. The average Bonchev–Trinajstić information content (AvgIpc) is 3.41. The summed E-state index contributed by atoms with van der Waals surface area (Å²) in [6, 6.07) is 0.490. The van der Waals surface area contributed by atoms with Gasteiger partial charge in [0.1, 0.15) is 0 Å². The minimum atomic E-state index is 0.221. The number of carbonyl (C=O) groups excluding carboxylic acids is 1. The molecule has 1 aliphatic carbocycles. The highest BCUT2D eigenvalue weighted by Gasteiger charge is 2.22. The molecule has 0 radical (unpaired) electrons. The summed E-state index contributed by atoms with van der Waals surface area (Å²) in [5, 5.41) is 3.02. The Balaban J connectivity index is 1.86. The predicted molar refractivity (Wildman–Crippen MR) is 110 cm³/mol. The van der Waals surface area contributed by atoms with Crippen molar-refractivity contribution in [3.05, 3.63) is 48.6 Å². The van der Waals surface area contributed by atoms with E-state index in [0.717, 1.165) is 32.1 Å². The number of rotatable bonds is 15. The third kappa shape index (κ3) is 15.7. The maximum Gasteiger partial charge on any atom is 0.220 e. The Kier molecular flexibility index (Phi) is 13.7. The highest BCUT2D eigenvalue weighted by molar-refractivity contribution is 5.76. The van der Waals surface area contributed by atoms with Crippen molar-refractivity contribution in [3.63, 3.8) is 0 Å². The fraction of sp³-hybridized carbons (Fsp3) is 0.609. The van der Waals surface area contributed by atoms with E-state index in [2.05, 4.69) is 60.8 Å². The third-order valence-electron chi connectivity index (χ3n) is 4.17. The third-order valence-corrected chi connectivity index (χ3v) is 4.17. The molecule has 1 rings (SSSR count). The summed E-state index contributed by atoms with van der Waals surface area (Å²) in [5.74, 6) is 0.221. The number of hydrogen-bond donors (Lipinski definition) is 1. The van der Waals surface area contributed by atoms with Gasteiger partial charge in [0, 0.05) is 12.5 Å². The van der Waals surface area contributed by atoms with E-state index in [-0.39, 0.29) is 5.91 Å². The zero-order chi connectivity index (χ0) is 18.0. The molecular weight excluding hydrogens is 306 g/mol. The van der Waals surface area contributed by atoms with E-state index in [4.69, 9.17) is 0 Å². The van der Waals surface area contributed by atoms with Gasteiger partial charge in [0.15, 0.2) is 0 Å². The summed E-state index contributed by atoms with van der Waals surface area (Å²) in [4.78, 5) is 11.5. The van der Waals surface area contributed by atoms with Crippen LogP contribution < -0.4 is 5.32 Å². The second-order valence-electron chi connectivity index (χ2n) is 6.82. The topological polar surface area (TPSA) is 29.1 Å². The van der Waals surface area contributed by atoms with Crippen molar-refractivity contribution >= 4 is 5.91 Å². The first kappa shape index (κ1) is 21.5. The molecular formula is C23H37NO. The Bertz CT molecular complexity index is 441. The monoisotopic (exact) mass is 343 g/mol. The van der Waals surface area contributed by atoms with Crippen molar-refractivity contribution in [2.75, 3.05) is 0 Å². The van der Waals surface area contributed by atoms with E-state index in [0.29, 0.717) is 12.5 Å². The van der Waals surface area contributed by atoms with Crippen molar-refractivity contribution < 1.29 is 4.79 Å². The highest BCUT2D eigenvalue weighted by atomic mass is 16.1. The minimum Gasteiger partial charge on any atom is -0.353 e. The number of amides is 1. The molecule has 1 N–H and O–H groups in total. The molecule has 2 heteroatoms. The quantitative estimate of drug-likeness (QED) is 0.270. The number of carbonyl (C=O) groups is 1. The van der Waals surface area contributed by atoms with Crippen LogP contribution in [0.25, 0.3) is 0 Å². The first-order chi connectivity index (χ1) is 12.3. The molecule has 25 heavy (non-hydrogen) atoms. The van der Waals surface area contributed by atoms with Gasteiger partial charge in [0.05, 0.1) is 0 Å². The Labute approximate surface area is 155 Å². The molecule has 0 spiro atoms. The molecule has 0 saturated heterocycles. The number of allylic oxidation sites excluding steroid dienone is 8. The van der Waals surface area contributed by atoms with Gasteiger partial charge in [0.2, 0.25) is 5.91 Å². The van der Waals surface area contributed by atoms with Crippen molar-refractivity contribution in [1.82, 2.24) is 5.32 Å². The lowest BCUT2D eigenvalue weighted by Gasteiger charge is -2.00. The van der Waals surface area contributed by atoms with Gasteiger partial charge in [-0.2, -0.15) is 0 Å². The molecule has 1 saturated carbocycles. The zero-order valence-electron chi connectivity index (χ0n) is 16.1. The summed E-state index contributed by atoms with van der Waals surface area (Å²) >= 11 is 0. The van der Waals surface area contributed by atoms with Crippen LogP contribution in [0.4, 0.5) is 0 Å². The van der Waals surface area contributed by atoms with Crippen molar-refractivity contribution in [2.45, 2.75) is 90.0 Å². The fourth-order valence-electron chi connectivity index (χ4n) is 2.47. The summed E-state index contributed by atoms with van der Waals surface area (Å²) < 4.78 is 0. The van der Waals surface area contributed by atoms with Gasteiger partial charge >= 0.3 is 0 Å². The summed E-state index contributed by atoms with van der Waals surface area (Å²) in [6.45, 7) is 2.24. The fourth-order valence-corrected chi connectivity index (χ4v) is 2.47. The van der Waals surface area contributed by atoms with Crippen LogP contribution in [0.2, 0.25) is 0 Å². The van der Waals surface area contributed by atoms with Gasteiger partial charge in [-0.15, -0.1) is 0 Å². The molecule has 0 aromatic carbocycles. The second-order valence-corrected chi connectivity index (χ2v) is 6.82. The van der Waals surface area contributed by atoms with Crippen molar-refractivity contribution in [1.29, 1.82) is 0 Å². The Hall–Kier alpha value is -1.57. The number of unbranched alkanes of at least 4 members (excludes halogenated alkanes) is 4. The van der Waals surface area contributed by atoms with E-state index in [1.54, 1.807) is 0 Å². The van der Waals surface area contributed by atoms with Crippen molar-refractivity contribution in [3.8, 4) is 0 Å². The lowest BCUT2D eigenvalue weighted by molar-refractivity contribution is -0.121. The average molecular weight is 344 g/mol. The zero-order valence-corrected chi connectivity index (χ0v) is 16.1. The smallest absolute Gasteiger partial charge is 0.220 e. The van der Waals surface area contributed by atoms with E-state index < -0.39 is 0 Å². The van der Waals surface area contributed by atoms with Crippen LogP contribution in [-0.4, -0.2) is 11.9 Å². The number of nitrogens with one attached hydrogen (secondary N) is 1. The summed E-state index contributed by atoms with van der Waals surface area (Å²) in [5.41, 5.74) is 0. The van der Waals surface area contributed by atoms with Gasteiger partial charge in [0.25, 0.3) is 0 Å². The first-order valence-electron chi connectivity index (χ1n) is 10.2. The molecule has 1 aliphatic rings. The first-order valence-corrected chi connectivity index (χ1v) is 10.2. The lowest BCUT2D eigenvalue weighted by Crippen LogP contribution is -2.24. The van der Waals surface area contributed by atoms with Crippen LogP contribution in [0.1, 0.15) is 84.0 Å². The lowest BCUT2D eigenvalue weighted by atomic mass is 10.2. The van der Waals surface area contributed by atoms with Crippen LogP contribution in [0.15, 0.2) is 48.6 Å². The molecule has 140 valence electrons. The normalized spacial score (nSPS) is 15.2. The number of hydrogen-bond acceptors (Lipinski definition) is 1. The largest absolute Gasteiger partial charge is 0.353 e. The molecule has 0 atom stereocenters. The predicted octanol–water partition coefficient (Wildman–Crippen LogP) is 6.41. The molecule has 1 amide bonds. The standard InChI is InChI=1S/C23H37NO/c1-2-3-4-5-6-7-8-9-10-11-12-13-14-15-16-17-18-19-23(25)24-22-20-21-22/h6-7,9-10,12-13,15-16,22H,2-5,8,11,14,17-21H2,1H3,(H,24,25)/b7-6+,10-9+,13-12-,16-15-. The van der Waals surface area contributed by atoms with Gasteiger partial charge in [-0.25, -0.2) is 0 Å². The second kappa shape index (κ2) is 15.9. The summed E-state index contributed by atoms with van der Waals surface area (Å²) in [6.07, 6.45) is 31.0.